The fourth-order valence-electron chi connectivity index (χ4n) is 1.69. The molecule has 1 N–H and O–H groups in total. The van der Waals surface area contributed by atoms with Crippen LogP contribution >= 0.6 is 0 Å². The summed E-state index contributed by atoms with van der Waals surface area (Å²) in [6.45, 7) is 4.19. The predicted octanol–water partition coefficient (Wildman–Crippen LogP) is 2.84. The molecule has 124 valence electrons. The van der Waals surface area contributed by atoms with Gasteiger partial charge >= 0.3 is 6.61 Å². The van der Waals surface area contributed by atoms with Crippen LogP contribution in [-0.4, -0.2) is 27.5 Å². The second kappa shape index (κ2) is 7.67. The van der Waals surface area contributed by atoms with Crippen molar-refractivity contribution in [1.82, 2.24) is 5.32 Å². The molecule has 0 heterocycles. The molecule has 0 unspecified atom stereocenters. The Kier molecular flexibility index (Phi) is 6.47. The molecule has 0 aliphatic rings. The van der Waals surface area contributed by atoms with E-state index in [-0.39, 0.29) is 17.4 Å². The minimum atomic E-state index is -2.91. The lowest BCUT2D eigenvalue weighted by Gasteiger charge is -2.23. The van der Waals surface area contributed by atoms with Gasteiger partial charge in [-0.25, -0.2) is 0 Å². The monoisotopic (exact) mass is 333 g/mol. The molecule has 0 aliphatic carbocycles. The van der Waals surface area contributed by atoms with Gasteiger partial charge in [-0.3, -0.25) is 9.00 Å². The minimum Gasteiger partial charge on any atom is -0.435 e. The van der Waals surface area contributed by atoms with E-state index in [0.29, 0.717) is 5.56 Å². The maximum atomic E-state index is 12.2. The Labute approximate surface area is 131 Å². The van der Waals surface area contributed by atoms with Crippen LogP contribution in [0.25, 0.3) is 0 Å². The number of rotatable bonds is 6. The van der Waals surface area contributed by atoms with Crippen molar-refractivity contribution in [2.24, 2.45) is 0 Å². The third kappa shape index (κ3) is 6.51. The van der Waals surface area contributed by atoms with Gasteiger partial charge < -0.3 is 10.1 Å². The van der Waals surface area contributed by atoms with Crippen molar-refractivity contribution >= 4 is 16.7 Å². The lowest BCUT2D eigenvalue weighted by Crippen LogP contribution is -2.46. The second-order valence-electron chi connectivity index (χ2n) is 5.93. The molecule has 0 fully saturated rings. The van der Waals surface area contributed by atoms with Crippen LogP contribution in [0.3, 0.4) is 0 Å². The highest BCUT2D eigenvalue weighted by molar-refractivity contribution is 7.85. The summed E-state index contributed by atoms with van der Waals surface area (Å²) in [5.74, 6) is -0.193. The fraction of sp³-hybridized carbons (Fsp3) is 0.533. The Hall–Kier alpha value is -1.50. The van der Waals surface area contributed by atoms with Gasteiger partial charge in [0.2, 0.25) is 5.91 Å². The summed E-state index contributed by atoms with van der Waals surface area (Å²) in [5, 5.41) is 2.07. The summed E-state index contributed by atoms with van der Waals surface area (Å²) in [6.07, 6.45) is 0. The maximum absolute atomic E-state index is 12.2. The molecular formula is C15H21F2NO3S. The Morgan fingerprint density at radius 3 is 2.55 bits per heavy atom. The number of benzene rings is 1. The van der Waals surface area contributed by atoms with Gasteiger partial charge in [-0.15, -0.1) is 0 Å². The van der Waals surface area contributed by atoms with Gasteiger partial charge in [-0.1, -0.05) is 12.1 Å². The van der Waals surface area contributed by atoms with Crippen LogP contribution in [0.5, 0.6) is 5.75 Å². The molecule has 4 nitrogen and oxygen atoms in total. The Bertz CT molecular complexity index is 544. The normalized spacial score (nSPS) is 14.5. The van der Waals surface area contributed by atoms with E-state index in [4.69, 9.17) is 0 Å². The lowest BCUT2D eigenvalue weighted by atomic mass is 10.1. The number of halogens is 2. The van der Waals surface area contributed by atoms with Gasteiger partial charge in [0.1, 0.15) is 11.0 Å². The zero-order valence-corrected chi connectivity index (χ0v) is 13.9. The van der Waals surface area contributed by atoms with Crippen LogP contribution in [0.15, 0.2) is 24.3 Å². The Balaban J connectivity index is 2.70. The molecule has 0 saturated heterocycles. The van der Waals surface area contributed by atoms with Gasteiger partial charge in [-0.05, 0) is 45.4 Å². The van der Waals surface area contributed by atoms with E-state index in [1.165, 1.54) is 12.1 Å². The van der Waals surface area contributed by atoms with E-state index < -0.39 is 28.2 Å². The fourth-order valence-corrected chi connectivity index (χ4v) is 2.75. The molecule has 0 bridgehead atoms. The first-order valence-corrected chi connectivity index (χ1v) is 8.19. The van der Waals surface area contributed by atoms with Crippen molar-refractivity contribution in [3.05, 3.63) is 29.8 Å². The molecular weight excluding hydrogens is 312 g/mol. The quantitative estimate of drug-likeness (QED) is 0.871. The maximum Gasteiger partial charge on any atom is 0.387 e. The summed E-state index contributed by atoms with van der Waals surface area (Å²) in [7, 11) is -1.46. The highest BCUT2D eigenvalue weighted by Crippen LogP contribution is 2.18. The van der Waals surface area contributed by atoms with Gasteiger partial charge in [0, 0.05) is 22.1 Å². The Morgan fingerprint density at radius 2 is 2.00 bits per heavy atom. The predicted molar refractivity (Wildman–Crippen MR) is 82.3 cm³/mol. The number of alkyl halides is 2. The van der Waals surface area contributed by atoms with Crippen molar-refractivity contribution in [1.29, 1.82) is 0 Å². The van der Waals surface area contributed by atoms with Crippen molar-refractivity contribution in [2.75, 3.05) is 0 Å². The van der Waals surface area contributed by atoms with E-state index in [2.05, 4.69) is 10.1 Å². The van der Waals surface area contributed by atoms with Gasteiger partial charge in [0.15, 0.2) is 0 Å². The highest BCUT2D eigenvalue weighted by Gasteiger charge is 2.24. The standard InChI is InChI=1S/C15H21F2NO3S/c1-10(13(19)18-15(2,3)4)22(20)9-11-6-5-7-12(8-11)21-14(16)17/h5-8,10,14H,9H2,1-4H3,(H,18,19)/t10-,22-/m0/s1. The average Bonchev–Trinajstić information content (AvgIpc) is 2.35. The van der Waals surface area contributed by atoms with Crippen LogP contribution in [0.4, 0.5) is 8.78 Å². The molecule has 1 aromatic rings. The van der Waals surface area contributed by atoms with Gasteiger partial charge in [-0.2, -0.15) is 8.78 Å². The molecule has 1 rings (SSSR count). The van der Waals surface area contributed by atoms with E-state index >= 15 is 0 Å². The number of carbonyl (C=O) groups is 1. The molecule has 0 aromatic heterocycles. The zero-order chi connectivity index (χ0) is 16.9. The van der Waals surface area contributed by atoms with Gasteiger partial charge in [0.25, 0.3) is 0 Å². The SMILES string of the molecule is C[C@@H](C(=O)NC(C)(C)C)[S@@](=O)Cc1cccc(OC(F)F)c1. The first-order chi connectivity index (χ1) is 10.1. The molecule has 0 aliphatic heterocycles. The number of hydrogen-bond donors (Lipinski definition) is 1. The van der Waals surface area contributed by atoms with Crippen molar-refractivity contribution in [3.63, 3.8) is 0 Å². The van der Waals surface area contributed by atoms with Crippen LogP contribution in [0.2, 0.25) is 0 Å². The smallest absolute Gasteiger partial charge is 0.387 e. The van der Waals surface area contributed by atoms with Crippen LogP contribution < -0.4 is 10.1 Å². The number of ether oxygens (including phenoxy) is 1. The zero-order valence-electron chi connectivity index (χ0n) is 13.1. The molecule has 0 spiro atoms. The summed E-state index contributed by atoms with van der Waals surface area (Å²) >= 11 is 0. The number of hydrogen-bond acceptors (Lipinski definition) is 3. The second-order valence-corrected chi connectivity index (χ2v) is 7.69. The highest BCUT2D eigenvalue weighted by atomic mass is 32.2. The van der Waals surface area contributed by atoms with Crippen LogP contribution in [-0.2, 0) is 21.3 Å². The molecule has 1 amide bonds. The van der Waals surface area contributed by atoms with E-state index in [9.17, 15) is 17.8 Å². The van der Waals surface area contributed by atoms with E-state index in [1.54, 1.807) is 19.1 Å². The average molecular weight is 333 g/mol. The Morgan fingerprint density at radius 1 is 1.36 bits per heavy atom. The number of nitrogens with one attached hydrogen (secondary N) is 1. The summed E-state index contributed by atoms with van der Waals surface area (Å²) in [6, 6.07) is 6.00. The summed E-state index contributed by atoms with van der Waals surface area (Å²) in [4.78, 5) is 12.0. The van der Waals surface area contributed by atoms with Crippen LogP contribution in [0, 0.1) is 0 Å². The number of amides is 1. The molecule has 2 atom stereocenters. The summed E-state index contributed by atoms with van der Waals surface area (Å²) in [5.41, 5.74) is 0.174. The lowest BCUT2D eigenvalue weighted by molar-refractivity contribution is -0.121. The first-order valence-electron chi connectivity index (χ1n) is 6.81. The van der Waals surface area contributed by atoms with E-state index in [1.807, 2.05) is 20.8 Å². The largest absolute Gasteiger partial charge is 0.435 e. The summed E-state index contributed by atoms with van der Waals surface area (Å²) < 4.78 is 40.9. The molecule has 7 heteroatoms. The van der Waals surface area contributed by atoms with E-state index in [0.717, 1.165) is 0 Å². The third-order valence-electron chi connectivity index (χ3n) is 2.69. The number of carbonyl (C=O) groups excluding carboxylic acids is 1. The topological polar surface area (TPSA) is 55.4 Å². The minimum absolute atomic E-state index is 0.0105. The van der Waals surface area contributed by atoms with Crippen molar-refractivity contribution in [3.8, 4) is 5.75 Å². The van der Waals surface area contributed by atoms with Crippen molar-refractivity contribution < 1.29 is 22.5 Å². The molecule has 22 heavy (non-hydrogen) atoms. The van der Waals surface area contributed by atoms with Gasteiger partial charge in [0.05, 0.1) is 0 Å². The third-order valence-corrected chi connectivity index (χ3v) is 4.31. The molecule has 0 radical (unpaired) electrons. The van der Waals surface area contributed by atoms with Crippen LogP contribution in [0.1, 0.15) is 33.3 Å². The molecule has 0 saturated carbocycles. The van der Waals surface area contributed by atoms with Crippen molar-refractivity contribution in [2.45, 2.75) is 50.8 Å². The first kappa shape index (κ1) is 18.5. The molecule has 1 aromatic carbocycles.